The van der Waals surface area contributed by atoms with E-state index in [4.69, 9.17) is 0 Å². The van der Waals surface area contributed by atoms with E-state index in [1.165, 1.54) is 28.7 Å². The van der Waals surface area contributed by atoms with E-state index in [1.807, 2.05) is 6.20 Å². The highest BCUT2D eigenvalue weighted by Gasteiger charge is 2.25. The lowest BCUT2D eigenvalue weighted by Gasteiger charge is -2.29. The van der Waals surface area contributed by atoms with Crippen LogP contribution in [0.5, 0.6) is 0 Å². The first kappa shape index (κ1) is 19.7. The van der Waals surface area contributed by atoms with Crippen LogP contribution in [0.25, 0.3) is 10.9 Å². The zero-order valence-electron chi connectivity index (χ0n) is 16.4. The Labute approximate surface area is 169 Å². The summed E-state index contributed by atoms with van der Waals surface area (Å²) in [7, 11) is 0. The summed E-state index contributed by atoms with van der Waals surface area (Å²) in [5, 5.41) is 0.980. The zero-order chi connectivity index (χ0) is 20.2. The van der Waals surface area contributed by atoms with Gasteiger partial charge in [-0.15, -0.1) is 0 Å². The minimum Gasteiger partial charge on any atom is -0.361 e. The first-order chi connectivity index (χ1) is 14.1. The molecule has 1 fully saturated rings. The van der Waals surface area contributed by atoms with E-state index >= 15 is 0 Å². The number of hydrogen-bond donors (Lipinski definition) is 3. The van der Waals surface area contributed by atoms with E-state index < -0.39 is 0 Å². The summed E-state index contributed by atoms with van der Waals surface area (Å²) < 4.78 is 26.5. The van der Waals surface area contributed by atoms with Gasteiger partial charge in [0.15, 0.2) is 0 Å². The van der Waals surface area contributed by atoms with Gasteiger partial charge in [0, 0.05) is 29.1 Å². The van der Waals surface area contributed by atoms with Crippen LogP contribution in [0.4, 0.5) is 8.78 Å². The molecule has 0 atom stereocenters. The van der Waals surface area contributed by atoms with E-state index in [1.54, 1.807) is 29.2 Å². The molecule has 1 aliphatic heterocycles. The van der Waals surface area contributed by atoms with Crippen molar-refractivity contribution in [2.24, 2.45) is 0 Å². The van der Waals surface area contributed by atoms with Gasteiger partial charge in [-0.1, -0.05) is 0 Å². The molecular formula is C23H27F2N3O+2. The highest BCUT2D eigenvalue weighted by molar-refractivity contribution is 5.96. The van der Waals surface area contributed by atoms with Crippen molar-refractivity contribution in [1.82, 2.24) is 4.98 Å². The van der Waals surface area contributed by atoms with Crippen molar-refractivity contribution in [2.75, 3.05) is 39.3 Å². The third kappa shape index (κ3) is 4.89. The monoisotopic (exact) mass is 399 g/mol. The number of ketones is 1. The maximum Gasteiger partial charge on any atom is 0.216 e. The molecule has 0 radical (unpaired) electrons. The molecule has 152 valence electrons. The number of hydrogen-bond acceptors (Lipinski definition) is 1. The van der Waals surface area contributed by atoms with Gasteiger partial charge in [-0.25, -0.2) is 8.78 Å². The number of quaternary nitrogens is 2. The summed E-state index contributed by atoms with van der Waals surface area (Å²) in [5.41, 5.74) is 2.74. The fourth-order valence-electron chi connectivity index (χ4n) is 4.24. The minimum absolute atomic E-state index is 0.0787. The lowest BCUT2D eigenvalue weighted by atomic mass is 10.1. The number of carbonyl (C=O) groups excluding carboxylic acids is 1. The van der Waals surface area contributed by atoms with Gasteiger partial charge in [0.05, 0.1) is 6.54 Å². The number of aryl methyl sites for hydroxylation is 1. The number of halogens is 2. The summed E-state index contributed by atoms with van der Waals surface area (Å²) >= 11 is 0. The van der Waals surface area contributed by atoms with Crippen LogP contribution in [0.1, 0.15) is 22.3 Å². The SMILES string of the molecule is O=C(C[NH+]1CC[NH+](CCCc2c[nH]c3ccc(F)cc23)CC1)c1ccc(F)cc1. The quantitative estimate of drug-likeness (QED) is 0.511. The van der Waals surface area contributed by atoms with E-state index in [9.17, 15) is 13.6 Å². The van der Waals surface area contributed by atoms with Gasteiger partial charge in [0.25, 0.3) is 0 Å². The second-order valence-electron chi connectivity index (χ2n) is 7.96. The van der Waals surface area contributed by atoms with Crippen LogP contribution < -0.4 is 9.80 Å². The van der Waals surface area contributed by atoms with Crippen molar-refractivity contribution < 1.29 is 23.4 Å². The molecule has 1 saturated heterocycles. The van der Waals surface area contributed by atoms with Crippen LogP contribution >= 0.6 is 0 Å². The highest BCUT2D eigenvalue weighted by atomic mass is 19.1. The van der Waals surface area contributed by atoms with Gasteiger partial charge >= 0.3 is 0 Å². The standard InChI is InChI=1S/C23H25F2N3O/c24-19-5-3-17(4-6-19)23(29)16-28-12-10-27(11-13-28)9-1-2-18-15-26-22-8-7-20(25)14-21(18)22/h3-8,14-15,26H,1-2,9-13,16H2/p+2. The Balaban J connectivity index is 1.21. The molecule has 0 bridgehead atoms. The Morgan fingerprint density at radius 2 is 1.62 bits per heavy atom. The van der Waals surface area contributed by atoms with Crippen LogP contribution in [0.2, 0.25) is 0 Å². The smallest absolute Gasteiger partial charge is 0.216 e. The molecule has 29 heavy (non-hydrogen) atoms. The zero-order valence-corrected chi connectivity index (χ0v) is 16.4. The fourth-order valence-corrected chi connectivity index (χ4v) is 4.24. The topological polar surface area (TPSA) is 41.7 Å². The molecule has 0 saturated carbocycles. The van der Waals surface area contributed by atoms with Crippen LogP contribution in [-0.2, 0) is 6.42 Å². The van der Waals surface area contributed by atoms with Gasteiger partial charge in [-0.05, 0) is 54.4 Å². The molecule has 4 nitrogen and oxygen atoms in total. The Kier molecular flexibility index (Phi) is 6.02. The second-order valence-corrected chi connectivity index (χ2v) is 7.96. The summed E-state index contributed by atoms with van der Waals surface area (Å²) in [6.07, 6.45) is 3.98. The number of rotatable bonds is 7. The predicted octanol–water partition coefficient (Wildman–Crippen LogP) is 1.05. The molecule has 2 aromatic carbocycles. The number of benzene rings is 2. The van der Waals surface area contributed by atoms with Crippen molar-refractivity contribution in [1.29, 1.82) is 0 Å². The molecule has 0 spiro atoms. The van der Waals surface area contributed by atoms with Crippen LogP contribution in [0, 0.1) is 11.6 Å². The van der Waals surface area contributed by atoms with Crippen molar-refractivity contribution in [2.45, 2.75) is 12.8 Å². The first-order valence-corrected chi connectivity index (χ1v) is 10.3. The number of fused-ring (bicyclic) bond motifs is 1. The molecule has 3 N–H and O–H groups in total. The van der Waals surface area contributed by atoms with Crippen LogP contribution in [0.3, 0.4) is 0 Å². The van der Waals surface area contributed by atoms with Gasteiger partial charge in [-0.2, -0.15) is 0 Å². The maximum atomic E-state index is 13.5. The van der Waals surface area contributed by atoms with E-state index in [0.717, 1.165) is 56.5 Å². The Bertz CT molecular complexity index is 975. The molecule has 4 rings (SSSR count). The highest BCUT2D eigenvalue weighted by Crippen LogP contribution is 2.20. The molecule has 1 aromatic heterocycles. The fraction of sp³-hybridized carbons (Fsp3) is 0.348. The number of aromatic nitrogens is 1. The van der Waals surface area contributed by atoms with E-state index in [0.29, 0.717) is 12.1 Å². The van der Waals surface area contributed by atoms with Crippen LogP contribution in [0.15, 0.2) is 48.7 Å². The number of H-pyrrole nitrogens is 1. The summed E-state index contributed by atoms with van der Waals surface area (Å²) in [6, 6.07) is 10.7. The number of aromatic amines is 1. The van der Waals surface area contributed by atoms with Gasteiger partial charge in [-0.3, -0.25) is 4.79 Å². The molecular weight excluding hydrogens is 372 g/mol. The lowest BCUT2D eigenvalue weighted by Crippen LogP contribution is -3.28. The normalized spacial score (nSPS) is 19.5. The Hall–Kier alpha value is -2.57. The number of carbonyl (C=O) groups is 1. The third-order valence-electron chi connectivity index (χ3n) is 5.95. The number of Topliss-reactive ketones (excluding diaryl/α,β-unsaturated/α-hetero) is 1. The molecule has 0 aliphatic carbocycles. The summed E-state index contributed by atoms with van der Waals surface area (Å²) in [6.45, 7) is 5.60. The van der Waals surface area contributed by atoms with Gasteiger partial charge in [0.1, 0.15) is 44.4 Å². The van der Waals surface area contributed by atoms with Gasteiger partial charge in [0.2, 0.25) is 5.78 Å². The third-order valence-corrected chi connectivity index (χ3v) is 5.95. The van der Waals surface area contributed by atoms with E-state index in [2.05, 4.69) is 4.98 Å². The Morgan fingerprint density at radius 1 is 0.931 bits per heavy atom. The number of piperazine rings is 1. The average Bonchev–Trinajstić information content (AvgIpc) is 3.12. The van der Waals surface area contributed by atoms with E-state index in [-0.39, 0.29) is 17.4 Å². The molecule has 3 aromatic rings. The van der Waals surface area contributed by atoms with Crippen LogP contribution in [-0.4, -0.2) is 50.0 Å². The Morgan fingerprint density at radius 3 is 2.38 bits per heavy atom. The molecule has 2 heterocycles. The van der Waals surface area contributed by atoms with Crippen molar-refractivity contribution in [3.63, 3.8) is 0 Å². The largest absolute Gasteiger partial charge is 0.361 e. The predicted molar refractivity (Wildman–Crippen MR) is 108 cm³/mol. The summed E-state index contributed by atoms with van der Waals surface area (Å²) in [4.78, 5) is 18.4. The van der Waals surface area contributed by atoms with Crippen molar-refractivity contribution in [3.05, 3.63) is 71.4 Å². The average molecular weight is 399 g/mol. The van der Waals surface area contributed by atoms with Gasteiger partial charge < -0.3 is 14.8 Å². The lowest BCUT2D eigenvalue weighted by molar-refractivity contribution is -1.01. The molecule has 0 unspecified atom stereocenters. The van der Waals surface area contributed by atoms with Crippen molar-refractivity contribution in [3.8, 4) is 0 Å². The van der Waals surface area contributed by atoms with Crippen molar-refractivity contribution >= 4 is 16.7 Å². The minimum atomic E-state index is -0.316. The summed E-state index contributed by atoms with van der Waals surface area (Å²) in [5.74, 6) is -0.433. The second kappa shape index (κ2) is 8.84. The molecule has 6 heteroatoms. The first-order valence-electron chi connectivity index (χ1n) is 10.3. The molecule has 0 amide bonds. The molecule has 1 aliphatic rings. The number of nitrogens with one attached hydrogen (secondary N) is 3. The maximum absolute atomic E-state index is 13.5.